The Labute approximate surface area is 203 Å². The Morgan fingerprint density at radius 2 is 1.79 bits per heavy atom. The van der Waals surface area contributed by atoms with Crippen LogP contribution < -0.4 is 5.32 Å². The van der Waals surface area contributed by atoms with Gasteiger partial charge in [-0.15, -0.1) is 0 Å². The molecule has 4 rings (SSSR count). The summed E-state index contributed by atoms with van der Waals surface area (Å²) < 4.78 is 0. The average Bonchev–Trinajstić information content (AvgIpc) is 2.87. The third-order valence-corrected chi connectivity index (χ3v) is 7.59. The Morgan fingerprint density at radius 3 is 2.39 bits per heavy atom. The zero-order valence-electron chi connectivity index (χ0n) is 22.4. The van der Waals surface area contributed by atoms with Crippen molar-refractivity contribution in [2.24, 2.45) is 11.3 Å². The van der Waals surface area contributed by atoms with Crippen LogP contribution in [0.1, 0.15) is 80.1 Å². The molecule has 2 atom stereocenters. The fourth-order valence-electron chi connectivity index (χ4n) is 5.87. The molecule has 2 aliphatic carbocycles. The smallest absolute Gasteiger partial charge is 0.249 e. The van der Waals surface area contributed by atoms with Crippen LogP contribution in [0, 0.1) is 11.3 Å². The quantitative estimate of drug-likeness (QED) is 0.557. The topological polar surface area (TPSA) is 35.6 Å². The number of carbonyl (C=O) groups excluding carboxylic acids is 1. The third kappa shape index (κ3) is 6.20. The maximum atomic E-state index is 12.9. The molecule has 33 heavy (non-hydrogen) atoms. The number of piperidine rings is 1. The van der Waals surface area contributed by atoms with E-state index in [1.165, 1.54) is 44.1 Å². The highest BCUT2D eigenvalue weighted by molar-refractivity contribution is 5.84. The predicted molar refractivity (Wildman–Crippen MR) is 142 cm³/mol. The van der Waals surface area contributed by atoms with E-state index in [1.807, 2.05) is 32.6 Å². The summed E-state index contributed by atoms with van der Waals surface area (Å²) in [5, 5.41) is 3.56. The highest BCUT2D eigenvalue weighted by atomic mass is 16.2. The summed E-state index contributed by atoms with van der Waals surface area (Å²) in [6.07, 6.45) is 18.9. The van der Waals surface area contributed by atoms with Crippen LogP contribution >= 0.6 is 0 Å². The monoisotopic (exact) mass is 455 g/mol. The molecule has 0 aromatic rings. The maximum Gasteiger partial charge on any atom is 0.249 e. The van der Waals surface area contributed by atoms with Gasteiger partial charge in [0.2, 0.25) is 5.91 Å². The van der Waals surface area contributed by atoms with Crippen molar-refractivity contribution in [2.75, 3.05) is 33.2 Å². The first kappa shape index (κ1) is 27.4. The first-order valence-electron chi connectivity index (χ1n) is 13.6. The minimum Gasteiger partial charge on any atom is -0.365 e. The minimum absolute atomic E-state index is 0.171. The number of nitrogens with one attached hydrogen (secondary N) is 1. The molecule has 0 aromatic carbocycles. The fraction of sp³-hybridized carbons (Fsp3) is 0.690. The van der Waals surface area contributed by atoms with Gasteiger partial charge in [0.05, 0.1) is 0 Å². The summed E-state index contributed by atoms with van der Waals surface area (Å²) in [4.78, 5) is 17.0. The number of amides is 1. The maximum absolute atomic E-state index is 12.9. The number of hydrogen-bond acceptors (Lipinski definition) is 3. The van der Waals surface area contributed by atoms with Crippen molar-refractivity contribution in [3.05, 3.63) is 47.2 Å². The van der Waals surface area contributed by atoms with Crippen molar-refractivity contribution in [3.8, 4) is 0 Å². The van der Waals surface area contributed by atoms with Crippen LogP contribution in [0.3, 0.4) is 0 Å². The van der Waals surface area contributed by atoms with Crippen LogP contribution in [0.5, 0.6) is 0 Å². The van der Waals surface area contributed by atoms with Gasteiger partial charge in [0.1, 0.15) is 6.04 Å². The largest absolute Gasteiger partial charge is 0.365 e. The van der Waals surface area contributed by atoms with Crippen molar-refractivity contribution >= 4 is 5.91 Å². The van der Waals surface area contributed by atoms with E-state index in [0.717, 1.165) is 26.2 Å². The highest BCUT2D eigenvalue weighted by Crippen LogP contribution is 2.52. The summed E-state index contributed by atoms with van der Waals surface area (Å²) in [6, 6.07) is -0.171. The van der Waals surface area contributed by atoms with E-state index in [0.29, 0.717) is 11.3 Å². The van der Waals surface area contributed by atoms with Crippen molar-refractivity contribution in [1.82, 2.24) is 15.1 Å². The third-order valence-electron chi connectivity index (χ3n) is 7.59. The summed E-state index contributed by atoms with van der Waals surface area (Å²) >= 11 is 0. The molecule has 1 fully saturated rings. The molecule has 0 radical (unpaired) electrons. The van der Waals surface area contributed by atoms with Crippen LogP contribution in [0.25, 0.3) is 0 Å². The Bertz CT molecular complexity index is 751. The number of likely N-dealkylation sites (N-methyl/N-ethyl adjacent to an activating group) is 2. The molecule has 2 unspecified atom stereocenters. The van der Waals surface area contributed by atoms with E-state index >= 15 is 0 Å². The van der Waals surface area contributed by atoms with Crippen LogP contribution in [0.2, 0.25) is 0 Å². The van der Waals surface area contributed by atoms with E-state index in [-0.39, 0.29) is 11.9 Å². The number of hydrogen-bond donors (Lipinski definition) is 1. The molecule has 4 heteroatoms. The van der Waals surface area contributed by atoms with Crippen molar-refractivity contribution in [2.45, 2.75) is 86.1 Å². The number of rotatable bonds is 4. The Hall–Kier alpha value is -1.81. The molecule has 186 valence electrons. The van der Waals surface area contributed by atoms with Crippen LogP contribution in [-0.4, -0.2) is 55.0 Å². The first-order valence-corrected chi connectivity index (χ1v) is 13.6. The molecule has 4 aliphatic rings. The summed E-state index contributed by atoms with van der Waals surface area (Å²) in [6.45, 7) is 15.9. The van der Waals surface area contributed by atoms with Crippen molar-refractivity contribution in [1.29, 1.82) is 0 Å². The van der Waals surface area contributed by atoms with Crippen LogP contribution in [-0.2, 0) is 4.79 Å². The fourth-order valence-corrected chi connectivity index (χ4v) is 5.87. The van der Waals surface area contributed by atoms with Gasteiger partial charge in [-0.1, -0.05) is 57.6 Å². The standard InChI is InChI=1S/C25H37N3O.2C2H6/c1-4-28(5-2)24(29)23-11-10-20(18-27(23)3)22-17-25(12-14-26-15-13-25)16-19-8-6-7-9-21(19)22;2*1-2/h6,8,10-11,18,22-23,26H,4-5,7,9,12-17H2,1-3H3;2*1-2H3. The Morgan fingerprint density at radius 1 is 1.12 bits per heavy atom. The molecule has 1 amide bonds. The van der Waals surface area contributed by atoms with Crippen molar-refractivity contribution < 1.29 is 4.79 Å². The lowest BCUT2D eigenvalue weighted by Gasteiger charge is -2.47. The normalized spacial score (nSPS) is 25.3. The minimum atomic E-state index is -0.171. The second-order valence-corrected chi connectivity index (χ2v) is 9.28. The lowest BCUT2D eigenvalue weighted by Crippen LogP contribution is -2.46. The zero-order valence-corrected chi connectivity index (χ0v) is 22.4. The molecule has 0 bridgehead atoms. The van der Waals surface area contributed by atoms with E-state index in [4.69, 9.17) is 0 Å². The van der Waals surface area contributed by atoms with Crippen LogP contribution in [0.4, 0.5) is 0 Å². The summed E-state index contributed by atoms with van der Waals surface area (Å²) in [7, 11) is 2.06. The van der Waals surface area contributed by atoms with Gasteiger partial charge in [-0.05, 0) is 82.0 Å². The average molecular weight is 456 g/mol. The van der Waals surface area contributed by atoms with Gasteiger partial charge in [0.15, 0.2) is 0 Å². The molecule has 1 spiro atoms. The molecule has 1 N–H and O–H groups in total. The molecular weight excluding hydrogens is 406 g/mol. The van der Waals surface area contributed by atoms with Crippen molar-refractivity contribution in [3.63, 3.8) is 0 Å². The van der Waals surface area contributed by atoms with E-state index in [1.54, 1.807) is 11.1 Å². The molecular formula is C29H49N3O. The Balaban J connectivity index is 0.000000914. The zero-order chi connectivity index (χ0) is 24.4. The molecule has 2 aliphatic heterocycles. The molecule has 4 nitrogen and oxygen atoms in total. The van der Waals surface area contributed by atoms with Gasteiger partial charge in [-0.25, -0.2) is 0 Å². The van der Waals surface area contributed by atoms with Crippen LogP contribution in [0.15, 0.2) is 47.2 Å². The number of nitrogens with zero attached hydrogens (tertiary/aromatic N) is 2. The van der Waals surface area contributed by atoms with Gasteiger partial charge < -0.3 is 15.1 Å². The second-order valence-electron chi connectivity index (χ2n) is 9.28. The van der Waals surface area contributed by atoms with Gasteiger partial charge in [0.25, 0.3) is 0 Å². The SMILES string of the molecule is CC.CC.CCN(CC)C(=O)C1C=CC(C2CC3(CCNCC3)CC3=C2CCC=C3)=CN1C. The van der Waals surface area contributed by atoms with Gasteiger partial charge in [0, 0.05) is 32.3 Å². The molecule has 1 saturated heterocycles. The predicted octanol–water partition coefficient (Wildman–Crippen LogP) is 6.09. The molecule has 0 saturated carbocycles. The summed E-state index contributed by atoms with van der Waals surface area (Å²) in [5.74, 6) is 0.716. The summed E-state index contributed by atoms with van der Waals surface area (Å²) in [5.41, 5.74) is 5.11. The molecule has 2 heterocycles. The van der Waals surface area contributed by atoms with Gasteiger partial charge in [-0.3, -0.25) is 4.79 Å². The lowest BCUT2D eigenvalue weighted by atomic mass is 9.60. The molecule has 0 aromatic heterocycles. The lowest BCUT2D eigenvalue weighted by molar-refractivity contribution is -0.133. The number of carbonyl (C=O) groups is 1. The highest BCUT2D eigenvalue weighted by Gasteiger charge is 2.42. The number of allylic oxidation sites excluding steroid dienone is 6. The van der Waals surface area contributed by atoms with E-state index < -0.39 is 0 Å². The Kier molecular flexibility index (Phi) is 11.0. The second kappa shape index (κ2) is 13.2. The first-order chi connectivity index (χ1) is 16.1. The van der Waals surface area contributed by atoms with Gasteiger partial charge >= 0.3 is 0 Å². The van der Waals surface area contributed by atoms with Gasteiger partial charge in [-0.2, -0.15) is 0 Å². The van der Waals surface area contributed by atoms with E-state index in [2.05, 4.69) is 61.6 Å². The van der Waals surface area contributed by atoms with E-state index in [9.17, 15) is 4.79 Å².